The van der Waals surface area contributed by atoms with Crippen molar-refractivity contribution in [1.82, 2.24) is 4.90 Å². The van der Waals surface area contributed by atoms with Crippen LogP contribution >= 0.6 is 11.3 Å². The molecule has 0 aliphatic carbocycles. The number of nitrogens with zero attached hydrogens (tertiary/aromatic N) is 1. The molecule has 2 nitrogen and oxygen atoms in total. The van der Waals surface area contributed by atoms with E-state index >= 15 is 0 Å². The Morgan fingerprint density at radius 1 is 1.17 bits per heavy atom. The average molecular weight is 339 g/mol. The zero-order valence-corrected chi connectivity index (χ0v) is 14.1. The number of hydrogen-bond donors (Lipinski definition) is 0. The van der Waals surface area contributed by atoms with Gasteiger partial charge >= 0.3 is 0 Å². The molecule has 4 heteroatoms. The van der Waals surface area contributed by atoms with Crippen LogP contribution < -0.4 is 0 Å². The van der Waals surface area contributed by atoms with Crippen LogP contribution in [0.25, 0.3) is 10.1 Å². The van der Waals surface area contributed by atoms with Crippen molar-refractivity contribution in [2.75, 3.05) is 6.54 Å². The van der Waals surface area contributed by atoms with Gasteiger partial charge in [-0.15, -0.1) is 11.3 Å². The topological polar surface area (TPSA) is 20.3 Å². The van der Waals surface area contributed by atoms with Gasteiger partial charge in [0.1, 0.15) is 5.82 Å². The Bertz CT molecular complexity index is 874. The van der Waals surface area contributed by atoms with Gasteiger partial charge in [-0.1, -0.05) is 36.4 Å². The lowest BCUT2D eigenvalue weighted by atomic mass is 10.0. The molecule has 1 saturated heterocycles. The molecule has 4 rings (SSSR count). The van der Waals surface area contributed by atoms with Crippen molar-refractivity contribution in [2.24, 2.45) is 0 Å². The van der Waals surface area contributed by atoms with Gasteiger partial charge in [-0.25, -0.2) is 4.39 Å². The molecule has 0 unspecified atom stereocenters. The maximum absolute atomic E-state index is 13.9. The molecular formula is C20H18FNOS. The second-order valence-corrected chi connectivity index (χ2v) is 7.33. The van der Waals surface area contributed by atoms with Gasteiger partial charge in [0.05, 0.1) is 4.88 Å². The first kappa shape index (κ1) is 15.3. The van der Waals surface area contributed by atoms with Crippen molar-refractivity contribution < 1.29 is 9.18 Å². The summed E-state index contributed by atoms with van der Waals surface area (Å²) in [4.78, 5) is 15.5. The van der Waals surface area contributed by atoms with Crippen LogP contribution in [0.1, 0.15) is 28.1 Å². The number of benzene rings is 2. The molecule has 0 radical (unpaired) electrons. The Morgan fingerprint density at radius 2 is 2.00 bits per heavy atom. The number of thiophene rings is 1. The first-order valence-electron chi connectivity index (χ1n) is 8.25. The third kappa shape index (κ3) is 2.82. The van der Waals surface area contributed by atoms with E-state index in [4.69, 9.17) is 0 Å². The van der Waals surface area contributed by atoms with Gasteiger partial charge < -0.3 is 4.90 Å². The number of carbonyl (C=O) groups excluding carboxylic acids is 1. The van der Waals surface area contributed by atoms with Crippen molar-refractivity contribution in [1.29, 1.82) is 0 Å². The van der Waals surface area contributed by atoms with Gasteiger partial charge in [0, 0.05) is 22.7 Å². The smallest absolute Gasteiger partial charge is 0.264 e. The summed E-state index contributed by atoms with van der Waals surface area (Å²) in [6.45, 7) is 0.785. The van der Waals surface area contributed by atoms with E-state index in [2.05, 4.69) is 12.1 Å². The van der Waals surface area contributed by atoms with Crippen LogP contribution in [-0.2, 0) is 6.42 Å². The Balaban J connectivity index is 1.59. The molecule has 1 fully saturated rings. The summed E-state index contributed by atoms with van der Waals surface area (Å²) in [5.41, 5.74) is 1.25. The zero-order valence-electron chi connectivity index (χ0n) is 13.2. The third-order valence-electron chi connectivity index (χ3n) is 4.67. The highest BCUT2D eigenvalue weighted by molar-refractivity contribution is 7.20. The minimum atomic E-state index is -0.259. The second kappa shape index (κ2) is 6.36. The predicted molar refractivity (Wildman–Crippen MR) is 96.0 cm³/mol. The molecular weight excluding hydrogens is 321 g/mol. The lowest BCUT2D eigenvalue weighted by Crippen LogP contribution is -2.36. The molecule has 3 aromatic rings. The number of rotatable bonds is 3. The summed E-state index contributed by atoms with van der Waals surface area (Å²) in [5.74, 6) is -0.223. The number of carbonyl (C=O) groups is 1. The standard InChI is InChI=1S/C20H18FNOS/c21-17-9-4-10-18-16(17)13-19(24-18)20(23)22-11-5-8-15(22)12-14-6-2-1-3-7-14/h1-4,6-7,9-10,13,15H,5,8,11-12H2/t15-/m1/s1. The predicted octanol–water partition coefficient (Wildman–Crippen LogP) is 4.89. The number of hydrogen-bond acceptors (Lipinski definition) is 2. The summed E-state index contributed by atoms with van der Waals surface area (Å²) in [5, 5.41) is 0.546. The highest BCUT2D eigenvalue weighted by Crippen LogP contribution is 2.31. The van der Waals surface area contributed by atoms with Crippen molar-refractivity contribution in [3.8, 4) is 0 Å². The van der Waals surface area contributed by atoms with Crippen molar-refractivity contribution >= 4 is 27.3 Å². The molecule has 0 bridgehead atoms. The molecule has 0 N–H and O–H groups in total. The SMILES string of the molecule is O=C(c1cc2c(F)cccc2s1)N1CCC[C@@H]1Cc1ccccc1. The van der Waals surface area contributed by atoms with Crippen molar-refractivity contribution in [3.63, 3.8) is 0 Å². The van der Waals surface area contributed by atoms with Gasteiger partial charge in [-0.2, -0.15) is 0 Å². The van der Waals surface area contributed by atoms with Gasteiger partial charge in [0.2, 0.25) is 0 Å². The molecule has 1 aliphatic heterocycles. The van der Waals surface area contributed by atoms with E-state index in [0.29, 0.717) is 10.3 Å². The van der Waals surface area contributed by atoms with Gasteiger partial charge in [-0.05, 0) is 43.0 Å². The van der Waals surface area contributed by atoms with Gasteiger partial charge in [0.25, 0.3) is 5.91 Å². The summed E-state index contributed by atoms with van der Waals surface area (Å²) < 4.78 is 14.7. The minimum absolute atomic E-state index is 0.0361. The maximum Gasteiger partial charge on any atom is 0.264 e. The molecule has 1 atom stereocenters. The van der Waals surface area contributed by atoms with E-state index in [0.717, 1.165) is 30.5 Å². The molecule has 0 saturated carbocycles. The van der Waals surface area contributed by atoms with Crippen LogP contribution in [0.2, 0.25) is 0 Å². The van der Waals surface area contributed by atoms with Crippen LogP contribution in [0, 0.1) is 5.82 Å². The van der Waals surface area contributed by atoms with E-state index in [9.17, 15) is 9.18 Å². The number of likely N-dealkylation sites (tertiary alicyclic amines) is 1. The molecule has 24 heavy (non-hydrogen) atoms. The quantitative estimate of drug-likeness (QED) is 0.665. The molecule has 2 aromatic carbocycles. The average Bonchev–Trinajstić information content (AvgIpc) is 3.23. The van der Waals surface area contributed by atoms with E-state index in [1.165, 1.54) is 23.0 Å². The highest BCUT2D eigenvalue weighted by atomic mass is 32.1. The summed E-state index contributed by atoms with van der Waals surface area (Å²) in [6, 6.07) is 17.2. The van der Waals surface area contributed by atoms with Crippen LogP contribution in [0.15, 0.2) is 54.6 Å². The number of halogens is 1. The fourth-order valence-electron chi connectivity index (χ4n) is 3.47. The monoisotopic (exact) mass is 339 g/mol. The first-order chi connectivity index (χ1) is 11.7. The number of amides is 1. The summed E-state index contributed by atoms with van der Waals surface area (Å²) in [6.07, 6.45) is 2.94. The maximum atomic E-state index is 13.9. The minimum Gasteiger partial charge on any atom is -0.335 e. The van der Waals surface area contributed by atoms with Gasteiger partial charge in [0.15, 0.2) is 0 Å². The fraction of sp³-hybridized carbons (Fsp3) is 0.250. The number of fused-ring (bicyclic) bond motifs is 1. The summed E-state index contributed by atoms with van der Waals surface area (Å²) in [7, 11) is 0. The normalized spacial score (nSPS) is 17.5. The lowest BCUT2D eigenvalue weighted by Gasteiger charge is -2.24. The third-order valence-corrected chi connectivity index (χ3v) is 5.76. The van der Waals surface area contributed by atoms with Crippen LogP contribution in [0.5, 0.6) is 0 Å². The molecule has 0 spiro atoms. The molecule has 1 amide bonds. The van der Waals surface area contributed by atoms with Crippen LogP contribution in [0.4, 0.5) is 4.39 Å². The Kier molecular flexibility index (Phi) is 4.07. The fourth-order valence-corrected chi connectivity index (χ4v) is 4.50. The molecule has 1 aliphatic rings. The van der Waals surface area contributed by atoms with E-state index in [-0.39, 0.29) is 17.8 Å². The van der Waals surface area contributed by atoms with E-state index in [1.54, 1.807) is 12.1 Å². The van der Waals surface area contributed by atoms with Crippen LogP contribution in [-0.4, -0.2) is 23.4 Å². The van der Waals surface area contributed by atoms with Gasteiger partial charge in [-0.3, -0.25) is 4.79 Å². The molecule has 1 aromatic heterocycles. The Hall–Kier alpha value is -2.20. The Morgan fingerprint density at radius 3 is 2.79 bits per heavy atom. The largest absolute Gasteiger partial charge is 0.335 e. The molecule has 2 heterocycles. The lowest BCUT2D eigenvalue weighted by molar-refractivity contribution is 0.0741. The zero-order chi connectivity index (χ0) is 16.5. The summed E-state index contributed by atoms with van der Waals surface area (Å²) >= 11 is 1.38. The van der Waals surface area contributed by atoms with E-state index < -0.39 is 0 Å². The van der Waals surface area contributed by atoms with Crippen molar-refractivity contribution in [2.45, 2.75) is 25.3 Å². The first-order valence-corrected chi connectivity index (χ1v) is 9.07. The molecule has 122 valence electrons. The van der Waals surface area contributed by atoms with E-state index in [1.807, 2.05) is 29.2 Å². The Labute approximate surface area is 144 Å². The second-order valence-electron chi connectivity index (χ2n) is 6.25. The highest BCUT2D eigenvalue weighted by Gasteiger charge is 2.30. The van der Waals surface area contributed by atoms with Crippen molar-refractivity contribution in [3.05, 3.63) is 70.9 Å². The van der Waals surface area contributed by atoms with Crippen LogP contribution in [0.3, 0.4) is 0 Å².